The predicted octanol–water partition coefficient (Wildman–Crippen LogP) is 1.25. The molecular weight excluding hydrogens is 220 g/mol. The summed E-state index contributed by atoms with van der Waals surface area (Å²) in [7, 11) is 2.99. The van der Waals surface area contributed by atoms with Gasteiger partial charge in [-0.05, 0) is 6.07 Å². The summed E-state index contributed by atoms with van der Waals surface area (Å²) < 4.78 is 10.2. The Morgan fingerprint density at radius 2 is 2.00 bits per heavy atom. The Kier molecular flexibility index (Phi) is 5.05. The van der Waals surface area contributed by atoms with Gasteiger partial charge in [-0.3, -0.25) is 4.79 Å². The molecule has 0 fully saturated rings. The minimum atomic E-state index is 0.0128. The molecule has 0 bridgehead atoms. The van der Waals surface area contributed by atoms with Crippen LogP contribution in [0, 0.1) is 11.8 Å². The van der Waals surface area contributed by atoms with Crippen molar-refractivity contribution in [2.45, 2.75) is 6.42 Å². The molecule has 17 heavy (non-hydrogen) atoms. The van der Waals surface area contributed by atoms with Crippen molar-refractivity contribution in [3.63, 3.8) is 0 Å². The minimum absolute atomic E-state index is 0.0128. The van der Waals surface area contributed by atoms with E-state index in [0.717, 1.165) is 0 Å². The summed E-state index contributed by atoms with van der Waals surface area (Å²) in [5.41, 5.74) is 1.04. The lowest BCUT2D eigenvalue weighted by Gasteiger charge is -2.08. The van der Waals surface area contributed by atoms with Crippen LogP contribution < -0.4 is 9.47 Å². The Bertz CT molecular complexity index is 454. The van der Waals surface area contributed by atoms with E-state index >= 15 is 0 Å². The molecule has 0 saturated carbocycles. The van der Waals surface area contributed by atoms with Crippen LogP contribution in [0.15, 0.2) is 12.1 Å². The van der Waals surface area contributed by atoms with Gasteiger partial charge in [-0.1, -0.05) is 11.8 Å². The summed E-state index contributed by atoms with van der Waals surface area (Å²) in [6.07, 6.45) is 1.09. The van der Waals surface area contributed by atoms with Gasteiger partial charge in [0, 0.05) is 12.5 Å². The third kappa shape index (κ3) is 3.23. The van der Waals surface area contributed by atoms with E-state index in [1.807, 2.05) is 0 Å². The maximum Gasteiger partial charge on any atom is 0.153 e. The molecule has 0 aliphatic heterocycles. The first-order chi connectivity index (χ1) is 8.26. The van der Waals surface area contributed by atoms with Crippen LogP contribution in [0.25, 0.3) is 0 Å². The number of aliphatic hydroxyl groups excluding tert-OH is 1. The number of aliphatic hydroxyl groups is 1. The maximum atomic E-state index is 10.8. The van der Waals surface area contributed by atoms with Gasteiger partial charge in [0.25, 0.3) is 0 Å². The highest BCUT2D eigenvalue weighted by Gasteiger charge is 2.08. The fourth-order valence-corrected chi connectivity index (χ4v) is 1.32. The molecule has 0 unspecified atom stereocenters. The van der Waals surface area contributed by atoms with E-state index in [1.54, 1.807) is 12.1 Å². The zero-order valence-corrected chi connectivity index (χ0v) is 9.82. The molecule has 0 amide bonds. The molecule has 1 aromatic rings. The highest BCUT2D eigenvalue weighted by Crippen LogP contribution is 2.27. The quantitative estimate of drug-likeness (QED) is 0.629. The first-order valence-corrected chi connectivity index (χ1v) is 5.07. The number of carbonyl (C=O) groups is 1. The van der Waals surface area contributed by atoms with E-state index in [9.17, 15) is 4.79 Å². The number of aldehydes is 1. The molecule has 0 saturated heterocycles. The van der Waals surface area contributed by atoms with E-state index in [2.05, 4.69) is 11.8 Å². The molecule has 0 atom stereocenters. The van der Waals surface area contributed by atoms with Crippen molar-refractivity contribution in [3.05, 3.63) is 23.3 Å². The van der Waals surface area contributed by atoms with Crippen molar-refractivity contribution in [1.29, 1.82) is 0 Å². The Balaban J connectivity index is 3.20. The molecule has 4 heteroatoms. The first-order valence-electron chi connectivity index (χ1n) is 5.07. The number of methoxy groups -OCH3 is 2. The standard InChI is InChI=1S/C13H14O4/c1-16-12-8-11(9-15)13(17-2)7-10(12)5-3-4-6-14/h7-9,14H,4,6H2,1-2H3. The summed E-state index contributed by atoms with van der Waals surface area (Å²) in [5, 5.41) is 8.65. The second kappa shape index (κ2) is 6.56. The molecule has 0 aliphatic rings. The van der Waals surface area contributed by atoms with E-state index in [0.29, 0.717) is 35.3 Å². The first kappa shape index (κ1) is 13.1. The smallest absolute Gasteiger partial charge is 0.153 e. The Morgan fingerprint density at radius 1 is 1.29 bits per heavy atom. The Morgan fingerprint density at radius 3 is 2.53 bits per heavy atom. The highest BCUT2D eigenvalue weighted by atomic mass is 16.5. The van der Waals surface area contributed by atoms with Crippen LogP contribution in [-0.4, -0.2) is 32.2 Å². The molecule has 1 rings (SSSR count). The average molecular weight is 234 g/mol. The van der Waals surface area contributed by atoms with Crippen LogP contribution in [0.5, 0.6) is 11.5 Å². The SMILES string of the molecule is COc1cc(C=O)c(OC)cc1C#CCCO. The normalized spacial score (nSPS) is 9.12. The molecule has 0 aliphatic carbocycles. The number of benzene rings is 1. The second-order valence-electron chi connectivity index (χ2n) is 3.19. The van der Waals surface area contributed by atoms with E-state index < -0.39 is 0 Å². The van der Waals surface area contributed by atoms with E-state index in [-0.39, 0.29) is 6.61 Å². The maximum absolute atomic E-state index is 10.8. The molecule has 1 N–H and O–H groups in total. The van der Waals surface area contributed by atoms with Gasteiger partial charge in [-0.2, -0.15) is 0 Å². The van der Waals surface area contributed by atoms with Gasteiger partial charge in [0.05, 0.1) is 32.0 Å². The van der Waals surface area contributed by atoms with Crippen LogP contribution in [0.4, 0.5) is 0 Å². The summed E-state index contributed by atoms with van der Waals surface area (Å²) >= 11 is 0. The van der Waals surface area contributed by atoms with Crippen molar-refractivity contribution in [3.8, 4) is 23.3 Å². The van der Waals surface area contributed by atoms with Gasteiger partial charge in [0.2, 0.25) is 0 Å². The third-order valence-electron chi connectivity index (χ3n) is 2.14. The van der Waals surface area contributed by atoms with Crippen molar-refractivity contribution >= 4 is 6.29 Å². The molecule has 90 valence electrons. The van der Waals surface area contributed by atoms with Crippen molar-refractivity contribution in [2.24, 2.45) is 0 Å². The molecule has 0 spiro atoms. The lowest BCUT2D eigenvalue weighted by atomic mass is 10.1. The van der Waals surface area contributed by atoms with E-state index in [4.69, 9.17) is 14.6 Å². The molecule has 0 aromatic heterocycles. The number of ether oxygens (including phenoxy) is 2. The summed E-state index contributed by atoms with van der Waals surface area (Å²) in [4.78, 5) is 10.8. The fourth-order valence-electron chi connectivity index (χ4n) is 1.32. The van der Waals surface area contributed by atoms with Gasteiger partial charge < -0.3 is 14.6 Å². The zero-order chi connectivity index (χ0) is 12.7. The summed E-state index contributed by atoms with van der Waals surface area (Å²) in [6.45, 7) is 0.0128. The summed E-state index contributed by atoms with van der Waals surface area (Å²) in [5.74, 6) is 6.62. The zero-order valence-electron chi connectivity index (χ0n) is 9.82. The Labute approximate surface area is 100 Å². The third-order valence-corrected chi connectivity index (χ3v) is 2.14. The van der Waals surface area contributed by atoms with Crippen LogP contribution in [0.3, 0.4) is 0 Å². The lowest BCUT2D eigenvalue weighted by Crippen LogP contribution is -1.95. The summed E-state index contributed by atoms with van der Waals surface area (Å²) in [6, 6.07) is 3.22. The fraction of sp³-hybridized carbons (Fsp3) is 0.308. The topological polar surface area (TPSA) is 55.8 Å². The number of carbonyl (C=O) groups excluding carboxylic acids is 1. The second-order valence-corrected chi connectivity index (χ2v) is 3.19. The average Bonchev–Trinajstić information content (AvgIpc) is 2.38. The lowest BCUT2D eigenvalue weighted by molar-refractivity contribution is 0.112. The number of hydrogen-bond donors (Lipinski definition) is 1. The van der Waals surface area contributed by atoms with Gasteiger partial charge in [-0.15, -0.1) is 0 Å². The van der Waals surface area contributed by atoms with Crippen molar-refractivity contribution in [2.75, 3.05) is 20.8 Å². The number of hydrogen-bond acceptors (Lipinski definition) is 4. The van der Waals surface area contributed by atoms with Gasteiger partial charge in [0.1, 0.15) is 11.5 Å². The van der Waals surface area contributed by atoms with Crippen LogP contribution in [0.2, 0.25) is 0 Å². The predicted molar refractivity (Wildman–Crippen MR) is 63.5 cm³/mol. The monoisotopic (exact) mass is 234 g/mol. The van der Waals surface area contributed by atoms with Crippen molar-refractivity contribution in [1.82, 2.24) is 0 Å². The van der Waals surface area contributed by atoms with Crippen LogP contribution >= 0.6 is 0 Å². The van der Waals surface area contributed by atoms with Gasteiger partial charge >= 0.3 is 0 Å². The largest absolute Gasteiger partial charge is 0.496 e. The highest BCUT2D eigenvalue weighted by molar-refractivity contribution is 5.81. The van der Waals surface area contributed by atoms with Gasteiger partial charge in [-0.25, -0.2) is 0 Å². The van der Waals surface area contributed by atoms with Gasteiger partial charge in [0.15, 0.2) is 6.29 Å². The van der Waals surface area contributed by atoms with Crippen LogP contribution in [0.1, 0.15) is 22.3 Å². The van der Waals surface area contributed by atoms with Crippen molar-refractivity contribution < 1.29 is 19.4 Å². The number of rotatable bonds is 4. The Hall–Kier alpha value is -1.99. The van der Waals surface area contributed by atoms with E-state index in [1.165, 1.54) is 14.2 Å². The molecular formula is C13H14O4. The molecule has 0 radical (unpaired) electrons. The van der Waals surface area contributed by atoms with Crippen LogP contribution in [-0.2, 0) is 0 Å². The molecule has 4 nitrogen and oxygen atoms in total. The molecule has 0 heterocycles. The molecule has 1 aromatic carbocycles. The minimum Gasteiger partial charge on any atom is -0.496 e.